The van der Waals surface area contributed by atoms with Crippen LogP contribution < -0.4 is 5.32 Å². The Balaban J connectivity index is 1.34. The lowest BCUT2D eigenvalue weighted by Crippen LogP contribution is -2.54. The zero-order valence-corrected chi connectivity index (χ0v) is 15.0. The van der Waals surface area contributed by atoms with Gasteiger partial charge in [0, 0.05) is 31.2 Å². The Labute approximate surface area is 156 Å². The van der Waals surface area contributed by atoms with Crippen molar-refractivity contribution in [3.63, 3.8) is 0 Å². The summed E-state index contributed by atoms with van der Waals surface area (Å²) < 4.78 is 5.16. The highest BCUT2D eigenvalue weighted by Crippen LogP contribution is 2.45. The van der Waals surface area contributed by atoms with Crippen LogP contribution in [-0.4, -0.2) is 47.9 Å². The van der Waals surface area contributed by atoms with Crippen molar-refractivity contribution in [2.75, 3.05) is 26.2 Å². The third-order valence-electron chi connectivity index (χ3n) is 5.08. The Kier molecular flexibility index (Phi) is 4.36. The van der Waals surface area contributed by atoms with Crippen molar-refractivity contribution in [3.05, 3.63) is 59.0 Å². The predicted molar refractivity (Wildman–Crippen MR) is 97.1 cm³/mol. The van der Waals surface area contributed by atoms with Crippen molar-refractivity contribution in [1.29, 1.82) is 0 Å². The number of benzene rings is 1. The maximum Gasteiger partial charge on any atom is 0.318 e. The largest absolute Gasteiger partial charge is 0.459 e. The fourth-order valence-electron chi connectivity index (χ4n) is 3.33. The Morgan fingerprint density at radius 3 is 2.23 bits per heavy atom. The molecular weight excluding hydrogens is 354 g/mol. The average Bonchev–Trinajstić information content (AvgIpc) is 3.23. The van der Waals surface area contributed by atoms with E-state index in [1.54, 1.807) is 21.9 Å². The summed E-state index contributed by atoms with van der Waals surface area (Å²) in [5.74, 6) is 0.206. The van der Waals surface area contributed by atoms with E-state index in [-0.39, 0.29) is 17.5 Å². The number of carbonyl (C=O) groups excluding carboxylic acids is 2. The van der Waals surface area contributed by atoms with Gasteiger partial charge in [0.25, 0.3) is 5.91 Å². The molecule has 2 heterocycles. The minimum absolute atomic E-state index is 0.0810. The first-order chi connectivity index (χ1) is 12.6. The number of halogens is 1. The second kappa shape index (κ2) is 6.68. The van der Waals surface area contributed by atoms with E-state index in [0.717, 1.165) is 18.4 Å². The summed E-state index contributed by atoms with van der Waals surface area (Å²) in [7, 11) is 0. The summed E-state index contributed by atoms with van der Waals surface area (Å²) in [5, 5.41) is 3.85. The van der Waals surface area contributed by atoms with E-state index in [2.05, 4.69) is 5.32 Å². The van der Waals surface area contributed by atoms with Crippen LogP contribution in [0, 0.1) is 0 Å². The summed E-state index contributed by atoms with van der Waals surface area (Å²) in [4.78, 5) is 28.4. The number of piperazine rings is 1. The molecule has 7 heteroatoms. The molecule has 1 aromatic heterocycles. The van der Waals surface area contributed by atoms with Crippen molar-refractivity contribution in [3.8, 4) is 0 Å². The molecule has 0 bridgehead atoms. The smallest absolute Gasteiger partial charge is 0.318 e. The van der Waals surface area contributed by atoms with Crippen molar-refractivity contribution in [2.45, 2.75) is 18.4 Å². The molecule has 1 saturated heterocycles. The minimum Gasteiger partial charge on any atom is -0.459 e. The molecule has 4 rings (SSSR count). The number of hydrogen-bond acceptors (Lipinski definition) is 3. The van der Waals surface area contributed by atoms with E-state index < -0.39 is 0 Å². The van der Waals surface area contributed by atoms with Crippen LogP contribution in [0.5, 0.6) is 0 Å². The van der Waals surface area contributed by atoms with E-state index >= 15 is 0 Å². The fourth-order valence-corrected chi connectivity index (χ4v) is 3.46. The molecular formula is C19H20ClN3O3. The second-order valence-corrected chi connectivity index (χ2v) is 7.21. The third kappa shape index (κ3) is 3.29. The number of urea groups is 1. The van der Waals surface area contributed by atoms with Gasteiger partial charge in [-0.05, 0) is 42.7 Å². The summed E-state index contributed by atoms with van der Waals surface area (Å²) >= 11 is 5.95. The first-order valence-electron chi connectivity index (χ1n) is 8.73. The van der Waals surface area contributed by atoms with Gasteiger partial charge in [-0.2, -0.15) is 0 Å². The zero-order chi connectivity index (χ0) is 18.1. The highest BCUT2D eigenvalue weighted by atomic mass is 35.5. The Morgan fingerprint density at radius 1 is 1.00 bits per heavy atom. The van der Waals surface area contributed by atoms with Crippen molar-refractivity contribution in [2.24, 2.45) is 0 Å². The van der Waals surface area contributed by atoms with Crippen LogP contribution in [0.25, 0.3) is 0 Å². The molecule has 1 saturated carbocycles. The molecule has 2 fully saturated rings. The monoisotopic (exact) mass is 373 g/mol. The van der Waals surface area contributed by atoms with Crippen LogP contribution in [-0.2, 0) is 5.54 Å². The number of nitrogens with one attached hydrogen (secondary N) is 1. The summed E-state index contributed by atoms with van der Waals surface area (Å²) in [6.45, 7) is 2.02. The Morgan fingerprint density at radius 2 is 1.65 bits per heavy atom. The normalized spacial score (nSPS) is 18.5. The van der Waals surface area contributed by atoms with Gasteiger partial charge in [-0.1, -0.05) is 23.7 Å². The number of furan rings is 1. The quantitative estimate of drug-likeness (QED) is 0.899. The van der Waals surface area contributed by atoms with Crippen molar-refractivity contribution in [1.82, 2.24) is 15.1 Å². The van der Waals surface area contributed by atoms with E-state index in [0.29, 0.717) is 37.0 Å². The van der Waals surface area contributed by atoms with Gasteiger partial charge in [0.05, 0.1) is 11.8 Å². The van der Waals surface area contributed by atoms with E-state index in [4.69, 9.17) is 16.0 Å². The number of nitrogens with zero attached hydrogens (tertiary/aromatic N) is 2. The SMILES string of the molecule is O=C(NC1(c2ccc(Cl)cc2)CC1)N1CCN(C(=O)c2ccco2)CC1. The predicted octanol–water partition coefficient (Wildman–Crippen LogP) is 3.09. The first kappa shape index (κ1) is 17.0. The summed E-state index contributed by atoms with van der Waals surface area (Å²) in [6.07, 6.45) is 3.34. The molecule has 26 heavy (non-hydrogen) atoms. The molecule has 1 N–H and O–H groups in total. The zero-order valence-electron chi connectivity index (χ0n) is 14.3. The molecule has 6 nitrogen and oxygen atoms in total. The molecule has 1 aliphatic carbocycles. The van der Waals surface area contributed by atoms with Crippen LogP contribution >= 0.6 is 11.6 Å². The van der Waals surface area contributed by atoms with Gasteiger partial charge < -0.3 is 19.5 Å². The van der Waals surface area contributed by atoms with Gasteiger partial charge >= 0.3 is 6.03 Å². The van der Waals surface area contributed by atoms with Gasteiger partial charge in [-0.15, -0.1) is 0 Å². The number of hydrogen-bond donors (Lipinski definition) is 1. The third-order valence-corrected chi connectivity index (χ3v) is 5.33. The maximum absolute atomic E-state index is 12.7. The molecule has 2 aliphatic rings. The average molecular weight is 374 g/mol. The fraction of sp³-hybridized carbons (Fsp3) is 0.368. The molecule has 1 aromatic carbocycles. The Hall–Kier alpha value is -2.47. The molecule has 0 atom stereocenters. The highest BCUT2D eigenvalue weighted by molar-refractivity contribution is 6.30. The van der Waals surface area contributed by atoms with Crippen LogP contribution in [0.3, 0.4) is 0 Å². The van der Waals surface area contributed by atoms with Crippen LogP contribution in [0.1, 0.15) is 29.0 Å². The standard InChI is InChI=1S/C19H20ClN3O3/c20-15-5-3-14(4-6-15)19(7-8-19)21-18(25)23-11-9-22(10-12-23)17(24)16-2-1-13-26-16/h1-6,13H,7-12H2,(H,21,25). The lowest BCUT2D eigenvalue weighted by Gasteiger charge is -2.35. The molecule has 0 radical (unpaired) electrons. The van der Waals surface area contributed by atoms with Gasteiger partial charge in [-0.25, -0.2) is 4.79 Å². The molecule has 3 amide bonds. The maximum atomic E-state index is 12.7. The van der Waals surface area contributed by atoms with Crippen LogP contribution in [0.2, 0.25) is 5.02 Å². The second-order valence-electron chi connectivity index (χ2n) is 6.78. The van der Waals surface area contributed by atoms with Gasteiger partial charge in [0.15, 0.2) is 5.76 Å². The van der Waals surface area contributed by atoms with Crippen molar-refractivity contribution < 1.29 is 14.0 Å². The first-order valence-corrected chi connectivity index (χ1v) is 9.11. The summed E-state index contributed by atoms with van der Waals surface area (Å²) in [6, 6.07) is 10.9. The minimum atomic E-state index is -0.275. The van der Waals surface area contributed by atoms with E-state index in [1.165, 1.54) is 6.26 Å². The Bertz CT molecular complexity index is 792. The van der Waals surface area contributed by atoms with Crippen LogP contribution in [0.15, 0.2) is 47.1 Å². The molecule has 136 valence electrons. The van der Waals surface area contributed by atoms with Crippen molar-refractivity contribution >= 4 is 23.5 Å². The molecule has 2 aromatic rings. The van der Waals surface area contributed by atoms with Gasteiger partial charge in [-0.3, -0.25) is 4.79 Å². The summed E-state index contributed by atoms with van der Waals surface area (Å²) in [5.41, 5.74) is 0.810. The topological polar surface area (TPSA) is 65.8 Å². The van der Waals surface area contributed by atoms with Crippen LogP contribution in [0.4, 0.5) is 4.79 Å². The molecule has 1 aliphatic heterocycles. The number of amides is 3. The highest BCUT2D eigenvalue weighted by Gasteiger charge is 2.46. The van der Waals surface area contributed by atoms with E-state index in [1.807, 2.05) is 24.3 Å². The molecule has 0 spiro atoms. The lowest BCUT2D eigenvalue weighted by atomic mass is 10.1. The lowest BCUT2D eigenvalue weighted by molar-refractivity contribution is 0.0632. The number of rotatable bonds is 3. The van der Waals surface area contributed by atoms with Gasteiger partial charge in [0.1, 0.15) is 0 Å². The molecule has 0 unspecified atom stereocenters. The van der Waals surface area contributed by atoms with Gasteiger partial charge in [0.2, 0.25) is 0 Å². The number of carbonyl (C=O) groups is 2. The van der Waals surface area contributed by atoms with E-state index in [9.17, 15) is 9.59 Å².